The molecule has 0 spiro atoms. The number of carbonyl (C=O) groups is 1. The third-order valence-electron chi connectivity index (χ3n) is 4.70. The summed E-state index contributed by atoms with van der Waals surface area (Å²) < 4.78 is 0. The number of fused-ring (bicyclic) bond motifs is 1. The van der Waals surface area contributed by atoms with Gasteiger partial charge in [0.15, 0.2) is 0 Å². The van der Waals surface area contributed by atoms with Crippen molar-refractivity contribution in [1.29, 1.82) is 0 Å². The number of para-hydroxylation sites is 1. The molecular weight excluding hydrogens is 250 g/mol. The van der Waals surface area contributed by atoms with E-state index in [4.69, 9.17) is 0 Å². The number of benzene rings is 1. The lowest BCUT2D eigenvalue weighted by Gasteiger charge is -2.37. The van der Waals surface area contributed by atoms with Gasteiger partial charge in [-0.15, -0.1) is 0 Å². The quantitative estimate of drug-likeness (QED) is 0.878. The van der Waals surface area contributed by atoms with E-state index in [9.17, 15) is 4.79 Å². The molecule has 108 valence electrons. The molecule has 0 saturated carbocycles. The number of hydrogen-bond acceptors (Lipinski definition) is 3. The molecule has 2 N–H and O–H groups in total. The number of amides is 1. The van der Waals surface area contributed by atoms with E-state index in [0.717, 1.165) is 43.7 Å². The van der Waals surface area contributed by atoms with Gasteiger partial charge < -0.3 is 10.6 Å². The van der Waals surface area contributed by atoms with Crippen molar-refractivity contribution >= 4 is 11.6 Å². The topological polar surface area (TPSA) is 44.4 Å². The van der Waals surface area contributed by atoms with Gasteiger partial charge in [-0.05, 0) is 56.9 Å². The van der Waals surface area contributed by atoms with Crippen molar-refractivity contribution in [2.75, 3.05) is 31.5 Å². The van der Waals surface area contributed by atoms with Crippen LogP contribution in [0.3, 0.4) is 0 Å². The van der Waals surface area contributed by atoms with Gasteiger partial charge in [0.25, 0.3) is 0 Å². The van der Waals surface area contributed by atoms with Gasteiger partial charge in [0.05, 0.1) is 6.04 Å². The van der Waals surface area contributed by atoms with Crippen LogP contribution in [0.4, 0.5) is 5.69 Å². The number of likely N-dealkylation sites (tertiary alicyclic amines) is 1. The van der Waals surface area contributed by atoms with Gasteiger partial charge in [-0.1, -0.05) is 18.2 Å². The molecule has 4 heteroatoms. The normalized spacial score (nSPS) is 27.9. The van der Waals surface area contributed by atoms with Crippen LogP contribution in [0.15, 0.2) is 30.3 Å². The van der Waals surface area contributed by atoms with Crippen molar-refractivity contribution in [1.82, 2.24) is 10.2 Å². The molecule has 3 rings (SSSR count). The summed E-state index contributed by atoms with van der Waals surface area (Å²) in [5, 5.41) is 6.47. The monoisotopic (exact) mass is 273 g/mol. The molecule has 1 aromatic carbocycles. The SMILES string of the molecule is CC(C(=O)Nc1ccccc1)N1CCC2CNCC2C1. The predicted molar refractivity (Wildman–Crippen MR) is 80.6 cm³/mol. The van der Waals surface area contributed by atoms with Gasteiger partial charge in [0.2, 0.25) is 5.91 Å². The minimum absolute atomic E-state index is 0.0586. The molecule has 1 aromatic rings. The van der Waals surface area contributed by atoms with E-state index in [0.29, 0.717) is 0 Å². The Hall–Kier alpha value is -1.39. The smallest absolute Gasteiger partial charge is 0.241 e. The van der Waals surface area contributed by atoms with Crippen LogP contribution >= 0.6 is 0 Å². The number of piperidine rings is 1. The van der Waals surface area contributed by atoms with Crippen molar-refractivity contribution in [2.24, 2.45) is 11.8 Å². The molecule has 2 aliphatic heterocycles. The summed E-state index contributed by atoms with van der Waals surface area (Å²) in [6.07, 6.45) is 1.21. The van der Waals surface area contributed by atoms with Gasteiger partial charge in [0, 0.05) is 12.2 Å². The van der Waals surface area contributed by atoms with Crippen LogP contribution in [0.2, 0.25) is 0 Å². The molecule has 20 heavy (non-hydrogen) atoms. The Bertz CT molecular complexity index is 462. The van der Waals surface area contributed by atoms with Crippen LogP contribution in [-0.4, -0.2) is 43.0 Å². The lowest BCUT2D eigenvalue weighted by atomic mass is 9.88. The number of nitrogens with zero attached hydrogens (tertiary/aromatic N) is 1. The van der Waals surface area contributed by atoms with Gasteiger partial charge in [-0.2, -0.15) is 0 Å². The molecule has 0 bridgehead atoms. The molecule has 2 fully saturated rings. The maximum atomic E-state index is 12.3. The average molecular weight is 273 g/mol. The summed E-state index contributed by atoms with van der Waals surface area (Å²) in [4.78, 5) is 14.7. The molecule has 2 saturated heterocycles. The fraction of sp³-hybridized carbons (Fsp3) is 0.562. The van der Waals surface area contributed by atoms with Gasteiger partial charge in [0.1, 0.15) is 0 Å². The highest BCUT2D eigenvalue weighted by Gasteiger charge is 2.35. The third kappa shape index (κ3) is 2.86. The Morgan fingerprint density at radius 2 is 2.05 bits per heavy atom. The van der Waals surface area contributed by atoms with E-state index in [-0.39, 0.29) is 11.9 Å². The summed E-state index contributed by atoms with van der Waals surface area (Å²) in [5.41, 5.74) is 0.877. The summed E-state index contributed by atoms with van der Waals surface area (Å²) >= 11 is 0. The maximum Gasteiger partial charge on any atom is 0.241 e. The largest absolute Gasteiger partial charge is 0.325 e. The van der Waals surface area contributed by atoms with Gasteiger partial charge in [-0.25, -0.2) is 0 Å². The number of nitrogens with one attached hydrogen (secondary N) is 2. The summed E-state index contributed by atoms with van der Waals surface area (Å²) in [6.45, 7) is 6.35. The van der Waals surface area contributed by atoms with E-state index >= 15 is 0 Å². The Morgan fingerprint density at radius 3 is 2.85 bits per heavy atom. The first-order valence-corrected chi connectivity index (χ1v) is 7.54. The van der Waals surface area contributed by atoms with Crippen molar-refractivity contribution in [3.05, 3.63) is 30.3 Å². The van der Waals surface area contributed by atoms with Crippen LogP contribution < -0.4 is 10.6 Å². The number of hydrogen-bond donors (Lipinski definition) is 2. The fourth-order valence-electron chi connectivity index (χ4n) is 3.35. The number of anilines is 1. The third-order valence-corrected chi connectivity index (χ3v) is 4.70. The van der Waals surface area contributed by atoms with Crippen LogP contribution in [0.25, 0.3) is 0 Å². The lowest BCUT2D eigenvalue weighted by molar-refractivity contribution is -0.121. The van der Waals surface area contributed by atoms with E-state index in [2.05, 4.69) is 15.5 Å². The number of rotatable bonds is 3. The second kappa shape index (κ2) is 5.94. The number of carbonyl (C=O) groups excluding carboxylic acids is 1. The van der Waals surface area contributed by atoms with E-state index < -0.39 is 0 Å². The first-order valence-electron chi connectivity index (χ1n) is 7.54. The summed E-state index contributed by atoms with van der Waals surface area (Å²) in [6, 6.07) is 9.63. The highest BCUT2D eigenvalue weighted by molar-refractivity contribution is 5.94. The molecular formula is C16H23N3O. The Kier molecular flexibility index (Phi) is 4.03. The molecule has 0 aromatic heterocycles. The molecule has 3 atom stereocenters. The Labute approximate surface area is 120 Å². The minimum atomic E-state index is -0.0586. The van der Waals surface area contributed by atoms with Gasteiger partial charge >= 0.3 is 0 Å². The second-order valence-corrected chi connectivity index (χ2v) is 5.99. The van der Waals surface area contributed by atoms with Crippen LogP contribution in [0.5, 0.6) is 0 Å². The van der Waals surface area contributed by atoms with Crippen LogP contribution in [-0.2, 0) is 4.79 Å². The van der Waals surface area contributed by atoms with Gasteiger partial charge in [-0.3, -0.25) is 9.69 Å². The zero-order chi connectivity index (χ0) is 13.9. The maximum absolute atomic E-state index is 12.3. The Balaban J connectivity index is 1.58. The van der Waals surface area contributed by atoms with Crippen molar-refractivity contribution in [3.63, 3.8) is 0 Å². The zero-order valence-corrected chi connectivity index (χ0v) is 12.0. The summed E-state index contributed by atoms with van der Waals surface area (Å²) in [7, 11) is 0. The first-order chi connectivity index (χ1) is 9.74. The minimum Gasteiger partial charge on any atom is -0.325 e. The highest BCUT2D eigenvalue weighted by Crippen LogP contribution is 2.27. The molecule has 2 heterocycles. The van der Waals surface area contributed by atoms with Crippen molar-refractivity contribution in [2.45, 2.75) is 19.4 Å². The van der Waals surface area contributed by atoms with E-state index in [1.165, 1.54) is 6.42 Å². The summed E-state index contributed by atoms with van der Waals surface area (Å²) in [5.74, 6) is 1.63. The lowest BCUT2D eigenvalue weighted by Crippen LogP contribution is -2.49. The average Bonchev–Trinajstić information content (AvgIpc) is 2.94. The standard InChI is InChI=1S/C16H23N3O/c1-12(16(20)18-15-5-3-2-4-6-15)19-8-7-13-9-17-10-14(13)11-19/h2-6,12-14,17H,7-11H2,1H3,(H,18,20). The zero-order valence-electron chi connectivity index (χ0n) is 12.0. The van der Waals surface area contributed by atoms with E-state index in [1.54, 1.807) is 0 Å². The molecule has 0 aliphatic carbocycles. The van der Waals surface area contributed by atoms with Crippen LogP contribution in [0, 0.1) is 11.8 Å². The molecule has 2 aliphatic rings. The van der Waals surface area contributed by atoms with Crippen LogP contribution in [0.1, 0.15) is 13.3 Å². The molecule has 3 unspecified atom stereocenters. The first kappa shape index (κ1) is 13.6. The van der Waals surface area contributed by atoms with Crippen molar-refractivity contribution in [3.8, 4) is 0 Å². The predicted octanol–water partition coefficient (Wildman–Crippen LogP) is 1.55. The molecule has 0 radical (unpaired) electrons. The van der Waals surface area contributed by atoms with E-state index in [1.807, 2.05) is 37.3 Å². The molecule has 4 nitrogen and oxygen atoms in total. The molecule has 1 amide bonds. The Morgan fingerprint density at radius 1 is 1.30 bits per heavy atom. The fourth-order valence-corrected chi connectivity index (χ4v) is 3.35. The van der Waals surface area contributed by atoms with Crippen molar-refractivity contribution < 1.29 is 4.79 Å². The second-order valence-electron chi connectivity index (χ2n) is 5.99. The highest BCUT2D eigenvalue weighted by atomic mass is 16.2.